The summed E-state index contributed by atoms with van der Waals surface area (Å²) in [5, 5.41) is 33.3. The lowest BCUT2D eigenvalue weighted by atomic mass is 9.94. The van der Waals surface area contributed by atoms with E-state index < -0.39 is 31.4 Å². The monoisotopic (exact) mass is 280 g/mol. The average molecular weight is 280 g/mol. The maximum atomic E-state index is 12.2. The van der Waals surface area contributed by atoms with E-state index in [1.54, 1.807) is 0 Å². The summed E-state index contributed by atoms with van der Waals surface area (Å²) in [7, 11) is 0. The van der Waals surface area contributed by atoms with Gasteiger partial charge in [0.25, 0.3) is 0 Å². The van der Waals surface area contributed by atoms with Crippen LogP contribution in [0.5, 0.6) is 0 Å². The minimum Gasteiger partial charge on any atom is -0.394 e. The number of carbonyl (C=O) groups is 1. The van der Waals surface area contributed by atoms with Crippen LogP contribution in [0.2, 0.25) is 0 Å². The average Bonchev–Trinajstić information content (AvgIpc) is 2.52. The molecule has 5 N–H and O–H groups in total. The van der Waals surface area contributed by atoms with Crippen molar-refractivity contribution in [3.8, 4) is 0 Å². The summed E-state index contributed by atoms with van der Waals surface area (Å²) >= 11 is 0. The molecule has 1 atom stereocenters. The Balaban J connectivity index is 2.05. The summed E-state index contributed by atoms with van der Waals surface area (Å²) in [6, 6.07) is 7.44. The summed E-state index contributed by atoms with van der Waals surface area (Å²) < 4.78 is 0. The maximum Gasteiger partial charge on any atom is 0.238 e. The smallest absolute Gasteiger partial charge is 0.238 e. The van der Waals surface area contributed by atoms with E-state index in [-0.39, 0.29) is 5.91 Å². The van der Waals surface area contributed by atoms with E-state index in [9.17, 15) is 20.1 Å². The molecule has 1 aliphatic rings. The maximum absolute atomic E-state index is 12.2. The number of fused-ring (bicyclic) bond motifs is 1. The fourth-order valence-electron chi connectivity index (χ4n) is 2.26. The molecule has 0 bridgehead atoms. The van der Waals surface area contributed by atoms with Gasteiger partial charge >= 0.3 is 0 Å². The van der Waals surface area contributed by atoms with Crippen molar-refractivity contribution < 1.29 is 20.1 Å². The first kappa shape index (κ1) is 14.9. The first-order valence-corrected chi connectivity index (χ1v) is 6.59. The SMILES string of the molecule is O=C(NC(CO)(CO)CO)C1Cc2ccccc2CN1. The standard InChI is InChI=1S/C14H20N2O4/c17-7-14(8-18,9-19)16-13(20)12-5-10-3-1-2-4-11(10)6-15-12/h1-4,12,15,17-19H,5-9H2,(H,16,20). The highest BCUT2D eigenvalue weighted by molar-refractivity contribution is 5.83. The Morgan fingerprint density at radius 2 is 1.80 bits per heavy atom. The number of hydrogen-bond donors (Lipinski definition) is 5. The topological polar surface area (TPSA) is 102 Å². The van der Waals surface area contributed by atoms with E-state index in [0.717, 1.165) is 11.1 Å². The third-order valence-electron chi connectivity index (χ3n) is 3.69. The largest absolute Gasteiger partial charge is 0.394 e. The molecule has 1 aromatic rings. The molecule has 0 spiro atoms. The molecular formula is C14H20N2O4. The Hall–Kier alpha value is -1.47. The summed E-state index contributed by atoms with van der Waals surface area (Å²) in [5.41, 5.74) is 0.888. The number of nitrogens with one attached hydrogen (secondary N) is 2. The highest BCUT2D eigenvalue weighted by Gasteiger charge is 2.33. The third kappa shape index (κ3) is 2.99. The summed E-state index contributed by atoms with van der Waals surface area (Å²) in [4.78, 5) is 12.2. The van der Waals surface area contributed by atoms with Gasteiger partial charge in [-0.05, 0) is 17.5 Å². The van der Waals surface area contributed by atoms with Crippen LogP contribution in [0.4, 0.5) is 0 Å². The van der Waals surface area contributed by atoms with Crippen molar-refractivity contribution in [3.05, 3.63) is 35.4 Å². The molecule has 6 heteroatoms. The molecule has 20 heavy (non-hydrogen) atoms. The zero-order valence-corrected chi connectivity index (χ0v) is 11.2. The molecule has 0 fully saturated rings. The van der Waals surface area contributed by atoms with E-state index in [0.29, 0.717) is 13.0 Å². The number of aliphatic hydroxyl groups is 3. The lowest BCUT2D eigenvalue weighted by Gasteiger charge is -2.32. The second-order valence-corrected chi connectivity index (χ2v) is 5.15. The number of aliphatic hydroxyl groups excluding tert-OH is 3. The van der Waals surface area contributed by atoms with Crippen molar-refractivity contribution in [2.45, 2.75) is 24.5 Å². The van der Waals surface area contributed by atoms with Gasteiger partial charge in [-0.25, -0.2) is 0 Å². The van der Waals surface area contributed by atoms with Gasteiger partial charge in [-0.2, -0.15) is 0 Å². The highest BCUT2D eigenvalue weighted by Crippen LogP contribution is 2.16. The van der Waals surface area contributed by atoms with Gasteiger partial charge in [0.2, 0.25) is 5.91 Å². The van der Waals surface area contributed by atoms with Crippen LogP contribution >= 0.6 is 0 Å². The number of rotatable bonds is 5. The van der Waals surface area contributed by atoms with E-state index >= 15 is 0 Å². The molecule has 0 aliphatic carbocycles. The summed E-state index contributed by atoms with van der Waals surface area (Å²) in [6.45, 7) is -0.961. The fourth-order valence-corrected chi connectivity index (χ4v) is 2.26. The van der Waals surface area contributed by atoms with E-state index in [4.69, 9.17) is 0 Å². The lowest BCUT2D eigenvalue weighted by Crippen LogP contribution is -2.61. The van der Waals surface area contributed by atoms with Crippen LogP contribution in [0, 0.1) is 0 Å². The molecule has 6 nitrogen and oxygen atoms in total. The molecule has 0 aromatic heterocycles. The molecule has 110 valence electrons. The minimum absolute atomic E-state index is 0.336. The van der Waals surface area contributed by atoms with Gasteiger partial charge in [-0.3, -0.25) is 4.79 Å². The molecular weight excluding hydrogens is 260 g/mol. The van der Waals surface area contributed by atoms with Crippen molar-refractivity contribution >= 4 is 5.91 Å². The van der Waals surface area contributed by atoms with Crippen molar-refractivity contribution in [2.75, 3.05) is 19.8 Å². The summed E-state index contributed by atoms with van der Waals surface area (Å²) in [6.07, 6.45) is 0.542. The van der Waals surface area contributed by atoms with Crippen molar-refractivity contribution in [1.82, 2.24) is 10.6 Å². The lowest BCUT2D eigenvalue weighted by molar-refractivity contribution is -0.127. The second-order valence-electron chi connectivity index (χ2n) is 5.15. The molecule has 0 saturated carbocycles. The predicted molar refractivity (Wildman–Crippen MR) is 72.9 cm³/mol. The molecule has 2 rings (SSSR count). The van der Waals surface area contributed by atoms with Gasteiger partial charge < -0.3 is 26.0 Å². The van der Waals surface area contributed by atoms with Crippen LogP contribution < -0.4 is 10.6 Å². The Bertz CT molecular complexity index is 466. The molecule has 1 aromatic carbocycles. The molecule has 1 unspecified atom stereocenters. The number of amides is 1. The van der Waals surface area contributed by atoms with Gasteiger partial charge in [-0.15, -0.1) is 0 Å². The highest BCUT2D eigenvalue weighted by atomic mass is 16.3. The Morgan fingerprint density at radius 1 is 1.20 bits per heavy atom. The van der Waals surface area contributed by atoms with Crippen LogP contribution in [0.3, 0.4) is 0 Å². The predicted octanol–water partition coefficient (Wildman–Crippen LogP) is -1.47. The van der Waals surface area contributed by atoms with Crippen LogP contribution in [0.15, 0.2) is 24.3 Å². The fraction of sp³-hybridized carbons (Fsp3) is 0.500. The van der Waals surface area contributed by atoms with Crippen molar-refractivity contribution in [2.24, 2.45) is 0 Å². The molecule has 1 amide bonds. The number of hydrogen-bond acceptors (Lipinski definition) is 5. The van der Waals surface area contributed by atoms with Crippen molar-refractivity contribution in [3.63, 3.8) is 0 Å². The molecule has 1 aliphatic heterocycles. The Labute approximate surface area is 117 Å². The van der Waals surface area contributed by atoms with Gasteiger partial charge in [0.1, 0.15) is 5.54 Å². The van der Waals surface area contributed by atoms with Crippen LogP contribution in [-0.2, 0) is 17.8 Å². The second kappa shape index (κ2) is 6.32. The van der Waals surface area contributed by atoms with Crippen LogP contribution in [0.25, 0.3) is 0 Å². The zero-order chi connectivity index (χ0) is 14.6. The molecule has 0 radical (unpaired) electrons. The van der Waals surface area contributed by atoms with Crippen LogP contribution in [0.1, 0.15) is 11.1 Å². The van der Waals surface area contributed by atoms with Crippen molar-refractivity contribution in [1.29, 1.82) is 0 Å². The number of benzene rings is 1. The van der Waals surface area contributed by atoms with Gasteiger partial charge in [0, 0.05) is 6.54 Å². The van der Waals surface area contributed by atoms with Gasteiger partial charge in [0.05, 0.1) is 25.9 Å². The van der Waals surface area contributed by atoms with Gasteiger partial charge in [-0.1, -0.05) is 24.3 Å². The third-order valence-corrected chi connectivity index (χ3v) is 3.69. The van der Waals surface area contributed by atoms with E-state index in [2.05, 4.69) is 10.6 Å². The van der Waals surface area contributed by atoms with Gasteiger partial charge in [0.15, 0.2) is 0 Å². The zero-order valence-electron chi connectivity index (χ0n) is 11.2. The molecule has 0 saturated heterocycles. The summed E-state index contributed by atoms with van der Waals surface area (Å²) in [5.74, 6) is -0.336. The Morgan fingerprint density at radius 3 is 2.40 bits per heavy atom. The first-order chi connectivity index (χ1) is 9.64. The Kier molecular flexibility index (Phi) is 4.72. The quantitative estimate of drug-likeness (QED) is 0.453. The number of carbonyl (C=O) groups excluding carboxylic acids is 1. The van der Waals surface area contributed by atoms with E-state index in [1.165, 1.54) is 0 Å². The minimum atomic E-state index is -1.38. The van der Waals surface area contributed by atoms with E-state index in [1.807, 2.05) is 24.3 Å². The molecule has 1 heterocycles. The first-order valence-electron chi connectivity index (χ1n) is 6.59. The normalized spacial score (nSPS) is 18.4. The van der Waals surface area contributed by atoms with Crippen LogP contribution in [-0.4, -0.2) is 52.6 Å².